The van der Waals surface area contributed by atoms with Crippen molar-refractivity contribution in [1.82, 2.24) is 5.32 Å². The molecule has 5 heteroatoms. The van der Waals surface area contributed by atoms with Gasteiger partial charge >= 0.3 is 0 Å². The summed E-state index contributed by atoms with van der Waals surface area (Å²) < 4.78 is 0. The van der Waals surface area contributed by atoms with Crippen LogP contribution in [-0.2, 0) is 10.4 Å². The summed E-state index contributed by atoms with van der Waals surface area (Å²) >= 11 is 1.50. The number of aliphatic hydroxyl groups excluding tert-OH is 1. The molecule has 1 heterocycles. The first-order chi connectivity index (χ1) is 9.99. The van der Waals surface area contributed by atoms with Crippen molar-refractivity contribution in [1.29, 1.82) is 0 Å². The predicted octanol–water partition coefficient (Wildman–Crippen LogP) is 2.20. The highest BCUT2D eigenvalue weighted by atomic mass is 32.1. The first-order valence-electron chi connectivity index (χ1n) is 6.74. The van der Waals surface area contributed by atoms with E-state index in [9.17, 15) is 15.0 Å². The molecule has 2 rings (SSSR count). The Labute approximate surface area is 128 Å². The molecule has 4 nitrogen and oxygen atoms in total. The van der Waals surface area contributed by atoms with Crippen molar-refractivity contribution in [2.75, 3.05) is 6.54 Å². The molecule has 2 atom stereocenters. The fraction of sp³-hybridized carbons (Fsp3) is 0.312. The highest BCUT2D eigenvalue weighted by Crippen LogP contribution is 2.22. The second-order valence-electron chi connectivity index (χ2n) is 5.19. The van der Waals surface area contributed by atoms with Crippen LogP contribution in [0.3, 0.4) is 0 Å². The third kappa shape index (κ3) is 4.39. The Morgan fingerprint density at radius 3 is 2.67 bits per heavy atom. The number of aliphatic hydroxyl groups is 2. The maximum absolute atomic E-state index is 11.9. The Morgan fingerprint density at radius 2 is 2.05 bits per heavy atom. The van der Waals surface area contributed by atoms with Crippen molar-refractivity contribution in [3.63, 3.8) is 0 Å². The molecule has 0 aliphatic rings. The van der Waals surface area contributed by atoms with E-state index < -0.39 is 11.7 Å². The lowest BCUT2D eigenvalue weighted by Crippen LogP contribution is -2.38. The van der Waals surface area contributed by atoms with Crippen molar-refractivity contribution < 1.29 is 15.0 Å². The van der Waals surface area contributed by atoms with Crippen LogP contribution in [0.4, 0.5) is 0 Å². The zero-order chi connectivity index (χ0) is 15.3. The fourth-order valence-corrected chi connectivity index (χ4v) is 2.77. The van der Waals surface area contributed by atoms with Gasteiger partial charge < -0.3 is 15.5 Å². The molecule has 0 aliphatic heterocycles. The van der Waals surface area contributed by atoms with Gasteiger partial charge in [0.05, 0.1) is 19.1 Å². The van der Waals surface area contributed by atoms with E-state index >= 15 is 0 Å². The molecule has 2 unspecified atom stereocenters. The number of benzene rings is 1. The van der Waals surface area contributed by atoms with Crippen molar-refractivity contribution in [3.8, 4) is 0 Å². The lowest BCUT2D eigenvalue weighted by Gasteiger charge is -2.23. The molecular weight excluding hydrogens is 286 g/mol. The van der Waals surface area contributed by atoms with E-state index in [0.717, 1.165) is 5.56 Å². The number of amides is 1. The van der Waals surface area contributed by atoms with Crippen molar-refractivity contribution in [3.05, 3.63) is 58.3 Å². The smallest absolute Gasteiger partial charge is 0.223 e. The van der Waals surface area contributed by atoms with Gasteiger partial charge in [-0.1, -0.05) is 30.3 Å². The lowest BCUT2D eigenvalue weighted by molar-refractivity contribution is -0.124. The molecule has 2 aromatic rings. The summed E-state index contributed by atoms with van der Waals surface area (Å²) in [6.07, 6.45) is -0.860. The minimum atomic E-state index is -1.10. The van der Waals surface area contributed by atoms with Gasteiger partial charge in [-0.25, -0.2) is 0 Å². The average Bonchev–Trinajstić information content (AvgIpc) is 3.01. The molecule has 0 radical (unpaired) electrons. The van der Waals surface area contributed by atoms with Crippen LogP contribution < -0.4 is 5.32 Å². The Morgan fingerprint density at radius 1 is 1.33 bits per heavy atom. The molecule has 0 saturated carbocycles. The van der Waals surface area contributed by atoms with Gasteiger partial charge in [0, 0.05) is 0 Å². The lowest BCUT2D eigenvalue weighted by atomic mass is 9.99. The van der Waals surface area contributed by atoms with Crippen LogP contribution in [0.15, 0.2) is 47.2 Å². The van der Waals surface area contributed by atoms with Crippen LogP contribution in [-0.4, -0.2) is 22.7 Å². The summed E-state index contributed by atoms with van der Waals surface area (Å²) in [5.41, 5.74) is 0.376. The largest absolute Gasteiger partial charge is 0.388 e. The van der Waals surface area contributed by atoms with Gasteiger partial charge in [-0.3, -0.25) is 4.79 Å². The summed E-state index contributed by atoms with van der Waals surface area (Å²) in [5, 5.41) is 26.7. The summed E-state index contributed by atoms with van der Waals surface area (Å²) in [5.74, 6) is -0.290. The maximum atomic E-state index is 11.9. The van der Waals surface area contributed by atoms with Gasteiger partial charge in [0.15, 0.2) is 0 Å². The highest BCUT2D eigenvalue weighted by Gasteiger charge is 2.24. The fourth-order valence-electron chi connectivity index (χ4n) is 1.98. The second kappa shape index (κ2) is 6.85. The number of thiophene rings is 1. The van der Waals surface area contributed by atoms with Crippen LogP contribution in [0.25, 0.3) is 0 Å². The quantitative estimate of drug-likeness (QED) is 0.766. The van der Waals surface area contributed by atoms with E-state index in [1.165, 1.54) is 11.3 Å². The molecule has 0 spiro atoms. The minimum Gasteiger partial charge on any atom is -0.388 e. The van der Waals surface area contributed by atoms with Gasteiger partial charge in [0.1, 0.15) is 5.60 Å². The summed E-state index contributed by atoms with van der Waals surface area (Å²) in [7, 11) is 0. The Bertz CT molecular complexity index is 566. The SMILES string of the molecule is CC(O)(CNC(=O)CC(O)c1ccccc1)c1ccsc1. The number of carbonyl (C=O) groups excluding carboxylic acids is 1. The van der Waals surface area contributed by atoms with E-state index in [-0.39, 0.29) is 18.9 Å². The van der Waals surface area contributed by atoms with Gasteiger partial charge in [-0.05, 0) is 34.9 Å². The van der Waals surface area contributed by atoms with Gasteiger partial charge in [-0.2, -0.15) is 11.3 Å². The average molecular weight is 305 g/mol. The molecule has 0 aliphatic carbocycles. The highest BCUT2D eigenvalue weighted by molar-refractivity contribution is 7.08. The molecule has 0 fully saturated rings. The van der Waals surface area contributed by atoms with Crippen molar-refractivity contribution in [2.24, 2.45) is 0 Å². The molecular formula is C16H19NO3S. The summed E-state index contributed by atoms with van der Waals surface area (Å²) in [4.78, 5) is 11.9. The van der Waals surface area contributed by atoms with E-state index in [2.05, 4.69) is 5.32 Å². The standard InChI is InChI=1S/C16H19NO3S/c1-16(20,13-7-8-21-10-13)11-17-15(19)9-14(18)12-5-3-2-4-6-12/h2-8,10,14,18,20H,9,11H2,1H3,(H,17,19). The van der Waals surface area contributed by atoms with Crippen LogP contribution in [0.1, 0.15) is 30.6 Å². The molecule has 112 valence electrons. The zero-order valence-corrected chi connectivity index (χ0v) is 12.6. The van der Waals surface area contributed by atoms with Crippen LogP contribution in [0, 0.1) is 0 Å². The van der Waals surface area contributed by atoms with E-state index in [1.807, 2.05) is 35.0 Å². The first-order valence-corrected chi connectivity index (χ1v) is 7.68. The number of nitrogens with one attached hydrogen (secondary N) is 1. The Hall–Kier alpha value is -1.69. The molecule has 0 bridgehead atoms. The number of carbonyl (C=O) groups is 1. The predicted molar refractivity (Wildman–Crippen MR) is 82.9 cm³/mol. The topological polar surface area (TPSA) is 69.6 Å². The molecule has 1 aromatic heterocycles. The van der Waals surface area contributed by atoms with Gasteiger partial charge in [0.2, 0.25) is 5.91 Å². The van der Waals surface area contributed by atoms with Crippen LogP contribution in [0.5, 0.6) is 0 Å². The van der Waals surface area contributed by atoms with E-state index in [1.54, 1.807) is 19.1 Å². The summed E-state index contributed by atoms with van der Waals surface area (Å²) in [6.45, 7) is 1.77. The number of hydrogen-bond donors (Lipinski definition) is 3. The van der Waals surface area contributed by atoms with Gasteiger partial charge in [0.25, 0.3) is 0 Å². The number of rotatable bonds is 6. The van der Waals surface area contributed by atoms with Crippen LogP contribution >= 0.6 is 11.3 Å². The van der Waals surface area contributed by atoms with E-state index in [0.29, 0.717) is 5.56 Å². The third-order valence-corrected chi connectivity index (χ3v) is 4.02. The molecule has 21 heavy (non-hydrogen) atoms. The second-order valence-corrected chi connectivity index (χ2v) is 5.97. The first kappa shape index (κ1) is 15.7. The number of hydrogen-bond acceptors (Lipinski definition) is 4. The maximum Gasteiger partial charge on any atom is 0.223 e. The minimum absolute atomic E-state index is 0.0241. The molecule has 0 saturated heterocycles. The monoisotopic (exact) mass is 305 g/mol. The normalized spacial score (nSPS) is 15.2. The van der Waals surface area contributed by atoms with Gasteiger partial charge in [-0.15, -0.1) is 0 Å². The van der Waals surface area contributed by atoms with Crippen molar-refractivity contribution in [2.45, 2.75) is 25.0 Å². The van der Waals surface area contributed by atoms with E-state index in [4.69, 9.17) is 0 Å². The third-order valence-electron chi connectivity index (χ3n) is 3.34. The molecule has 1 amide bonds. The van der Waals surface area contributed by atoms with Crippen molar-refractivity contribution >= 4 is 17.2 Å². The molecule has 1 aromatic carbocycles. The molecule has 3 N–H and O–H groups in total. The Kier molecular flexibility index (Phi) is 5.12. The van der Waals surface area contributed by atoms with Crippen LogP contribution in [0.2, 0.25) is 0 Å². The summed E-state index contributed by atoms with van der Waals surface area (Å²) in [6, 6.07) is 10.9. The zero-order valence-electron chi connectivity index (χ0n) is 11.8. The Balaban J connectivity index is 1.85.